The van der Waals surface area contributed by atoms with Crippen LogP contribution in [-0.4, -0.2) is 106 Å². The van der Waals surface area contributed by atoms with Crippen molar-refractivity contribution in [3.63, 3.8) is 0 Å². The quantitative estimate of drug-likeness (QED) is 0.0986. The summed E-state index contributed by atoms with van der Waals surface area (Å²) in [6, 6.07) is 16.4. The molecule has 4 N–H and O–H groups in total. The fourth-order valence-corrected chi connectivity index (χ4v) is 8.06. The van der Waals surface area contributed by atoms with Crippen LogP contribution in [0.5, 0.6) is 0 Å². The van der Waals surface area contributed by atoms with E-state index in [1.165, 1.54) is 21.3 Å². The molecule has 2 aromatic heterocycles. The van der Waals surface area contributed by atoms with Crippen LogP contribution in [0.3, 0.4) is 0 Å². The normalized spacial score (nSPS) is 18.7. The molecule has 15 nitrogen and oxygen atoms in total. The molecule has 1 fully saturated rings. The zero-order chi connectivity index (χ0) is 42.0. The topological polar surface area (TPSA) is 184 Å². The standard InChI is InChI=1S/C44H52N8O7/c1-8-25(3)37(49-43(55)58-6)41(53)52-23-24(2)18-36(52)40-46-32-16-15-30(21-33(32)47-40)28-11-12-29-20-31(14-13-27(29)19-28)34-22-45-39(48-34)35-10-9-17-51(35)42(54)38(26(4)57-5)50-44(56)59-7/h11-16,18-22,25-26,35-38H,8-10,17,23H2,1-7H3,(H,45,48)(H,46,47)(H,49,55)(H,50,56)/t25-,26+,35-,36-,37-,38-/m0/s1. The summed E-state index contributed by atoms with van der Waals surface area (Å²) in [5.74, 6) is 0.819. The monoisotopic (exact) mass is 804 g/mol. The minimum absolute atomic E-state index is 0.0934. The molecule has 0 unspecified atom stereocenters. The van der Waals surface area contributed by atoms with E-state index < -0.39 is 36.4 Å². The molecule has 3 aromatic carbocycles. The Balaban J connectivity index is 1.08. The number of carbonyl (C=O) groups excluding carboxylic acids is 4. The first-order chi connectivity index (χ1) is 28.4. The first kappa shape index (κ1) is 41.0. The Morgan fingerprint density at radius 1 is 0.831 bits per heavy atom. The number of aromatic amines is 2. The summed E-state index contributed by atoms with van der Waals surface area (Å²) in [5, 5.41) is 7.50. The van der Waals surface area contributed by atoms with Gasteiger partial charge in [-0.15, -0.1) is 0 Å². The molecule has 7 rings (SSSR count). The number of likely N-dealkylation sites (tertiary alicyclic amines) is 1. The van der Waals surface area contributed by atoms with Gasteiger partial charge in [0.15, 0.2) is 0 Å². The van der Waals surface area contributed by atoms with E-state index in [-0.39, 0.29) is 23.8 Å². The van der Waals surface area contributed by atoms with E-state index in [1.54, 1.807) is 22.9 Å². The lowest BCUT2D eigenvalue weighted by Crippen LogP contribution is -2.54. The van der Waals surface area contributed by atoms with Gasteiger partial charge in [0.1, 0.15) is 29.8 Å². The highest BCUT2D eigenvalue weighted by Crippen LogP contribution is 2.35. The molecule has 310 valence electrons. The summed E-state index contributed by atoms with van der Waals surface area (Å²) in [6.45, 7) is 8.63. The molecule has 2 aliphatic heterocycles. The van der Waals surface area contributed by atoms with Crippen molar-refractivity contribution in [3.05, 3.63) is 84.1 Å². The minimum Gasteiger partial charge on any atom is -0.453 e. The molecule has 0 bridgehead atoms. The van der Waals surface area contributed by atoms with Gasteiger partial charge in [-0.25, -0.2) is 19.6 Å². The summed E-state index contributed by atoms with van der Waals surface area (Å²) in [6.07, 6.45) is 4.20. The van der Waals surface area contributed by atoms with Gasteiger partial charge in [0.05, 0.1) is 49.3 Å². The maximum Gasteiger partial charge on any atom is 0.407 e. The van der Waals surface area contributed by atoms with E-state index in [4.69, 9.17) is 24.2 Å². The minimum atomic E-state index is -0.903. The molecule has 0 spiro atoms. The summed E-state index contributed by atoms with van der Waals surface area (Å²) >= 11 is 0. The number of hydrogen-bond donors (Lipinski definition) is 4. The van der Waals surface area contributed by atoms with Gasteiger partial charge in [-0.3, -0.25) is 9.59 Å². The van der Waals surface area contributed by atoms with Crippen LogP contribution in [-0.2, 0) is 23.8 Å². The van der Waals surface area contributed by atoms with Crippen molar-refractivity contribution in [1.29, 1.82) is 0 Å². The Bertz CT molecular complexity index is 2400. The first-order valence-corrected chi connectivity index (χ1v) is 20.0. The number of fused-ring (bicyclic) bond motifs is 2. The number of rotatable bonds is 12. The van der Waals surface area contributed by atoms with Crippen molar-refractivity contribution in [2.75, 3.05) is 34.4 Å². The number of aromatic nitrogens is 4. The molecular weight excluding hydrogens is 753 g/mol. The number of imidazole rings is 2. The molecule has 4 amide bonds. The van der Waals surface area contributed by atoms with Gasteiger partial charge in [-0.1, -0.05) is 62.2 Å². The average molecular weight is 805 g/mol. The Hall–Kier alpha value is -6.22. The van der Waals surface area contributed by atoms with Crippen molar-refractivity contribution in [1.82, 2.24) is 40.4 Å². The lowest BCUT2D eigenvalue weighted by molar-refractivity contribution is -0.137. The second-order valence-corrected chi connectivity index (χ2v) is 15.5. The highest BCUT2D eigenvalue weighted by Gasteiger charge is 2.39. The number of alkyl carbamates (subject to hydrolysis) is 2. The van der Waals surface area contributed by atoms with Gasteiger partial charge >= 0.3 is 12.2 Å². The zero-order valence-electron chi connectivity index (χ0n) is 34.5. The van der Waals surface area contributed by atoms with E-state index in [1.807, 2.05) is 39.0 Å². The van der Waals surface area contributed by atoms with E-state index in [0.29, 0.717) is 31.2 Å². The number of ether oxygens (including phenoxy) is 3. The molecule has 1 saturated heterocycles. The van der Waals surface area contributed by atoms with Crippen LogP contribution in [0.25, 0.3) is 44.2 Å². The average Bonchev–Trinajstić information content (AvgIpc) is 4.09. The third-order valence-electron chi connectivity index (χ3n) is 11.7. The lowest BCUT2D eigenvalue weighted by atomic mass is 9.97. The van der Waals surface area contributed by atoms with Gasteiger partial charge in [0.2, 0.25) is 11.8 Å². The fourth-order valence-electron chi connectivity index (χ4n) is 8.06. The molecule has 0 radical (unpaired) electrons. The number of nitrogens with one attached hydrogen (secondary N) is 4. The number of H-pyrrole nitrogens is 2. The molecule has 2 aliphatic rings. The van der Waals surface area contributed by atoms with Crippen molar-refractivity contribution < 1.29 is 33.4 Å². The number of carbonyl (C=O) groups is 4. The summed E-state index contributed by atoms with van der Waals surface area (Å²) in [4.78, 5) is 71.9. The van der Waals surface area contributed by atoms with E-state index in [2.05, 4.69) is 63.1 Å². The molecule has 0 saturated carbocycles. The highest BCUT2D eigenvalue weighted by atomic mass is 16.5. The van der Waals surface area contributed by atoms with Gasteiger partial charge in [0, 0.05) is 25.8 Å². The second kappa shape index (κ2) is 17.3. The van der Waals surface area contributed by atoms with E-state index >= 15 is 0 Å². The molecule has 4 heterocycles. The van der Waals surface area contributed by atoms with Crippen LogP contribution < -0.4 is 10.6 Å². The molecule has 0 aliphatic carbocycles. The SMILES string of the molecule is CC[C@H](C)[C@H](NC(=O)OC)C(=O)N1CC(C)=C[C@H]1c1nc2ccc(-c3ccc4cc(-c5cnc([C@@H]6CCCN6C(=O)[C@@H](NC(=O)OC)[C@@H](C)OC)[nH]5)ccc4c3)cc2[nH]1. The van der Waals surface area contributed by atoms with Crippen LogP contribution >= 0.6 is 0 Å². The van der Waals surface area contributed by atoms with Gasteiger partial charge < -0.3 is 44.6 Å². The number of hydrogen-bond acceptors (Lipinski definition) is 9. The van der Waals surface area contributed by atoms with Crippen LogP contribution in [0.2, 0.25) is 0 Å². The molecule has 15 heteroatoms. The van der Waals surface area contributed by atoms with E-state index in [9.17, 15) is 19.2 Å². The fraction of sp³-hybridized carbons (Fsp3) is 0.409. The molecular formula is C44H52N8O7. The van der Waals surface area contributed by atoms with Crippen LogP contribution in [0.1, 0.15) is 70.7 Å². The van der Waals surface area contributed by atoms with Crippen LogP contribution in [0.4, 0.5) is 9.59 Å². The smallest absolute Gasteiger partial charge is 0.407 e. The Labute approximate surface area is 342 Å². The van der Waals surface area contributed by atoms with Crippen molar-refractivity contribution in [2.45, 2.75) is 77.2 Å². The summed E-state index contributed by atoms with van der Waals surface area (Å²) < 4.78 is 15.0. The summed E-state index contributed by atoms with van der Waals surface area (Å²) in [5.41, 5.74) is 6.54. The third-order valence-corrected chi connectivity index (χ3v) is 11.7. The first-order valence-electron chi connectivity index (χ1n) is 20.0. The van der Waals surface area contributed by atoms with Gasteiger partial charge in [-0.05, 0) is 78.8 Å². The number of amides is 4. The van der Waals surface area contributed by atoms with Gasteiger partial charge in [-0.2, -0.15) is 0 Å². The van der Waals surface area contributed by atoms with Crippen molar-refractivity contribution >= 4 is 45.8 Å². The Kier molecular flexibility index (Phi) is 12.0. The van der Waals surface area contributed by atoms with Crippen molar-refractivity contribution in [2.24, 2.45) is 5.92 Å². The highest BCUT2D eigenvalue weighted by molar-refractivity contribution is 5.92. The Morgan fingerprint density at radius 2 is 1.47 bits per heavy atom. The zero-order valence-corrected chi connectivity index (χ0v) is 34.5. The number of benzene rings is 3. The van der Waals surface area contributed by atoms with Crippen LogP contribution in [0.15, 0.2) is 72.4 Å². The summed E-state index contributed by atoms with van der Waals surface area (Å²) in [7, 11) is 4.05. The largest absolute Gasteiger partial charge is 0.453 e. The number of methoxy groups -OCH3 is 3. The maximum absolute atomic E-state index is 13.9. The van der Waals surface area contributed by atoms with Crippen LogP contribution in [0, 0.1) is 5.92 Å². The third kappa shape index (κ3) is 8.37. The van der Waals surface area contributed by atoms with Crippen molar-refractivity contribution in [3.8, 4) is 22.4 Å². The predicted molar refractivity (Wildman–Crippen MR) is 223 cm³/mol. The molecule has 6 atom stereocenters. The number of nitrogens with zero attached hydrogens (tertiary/aromatic N) is 4. The Morgan fingerprint density at radius 3 is 2.17 bits per heavy atom. The predicted octanol–water partition coefficient (Wildman–Crippen LogP) is 6.80. The van der Waals surface area contributed by atoms with E-state index in [0.717, 1.165) is 62.6 Å². The second-order valence-electron chi connectivity index (χ2n) is 15.5. The molecule has 59 heavy (non-hydrogen) atoms. The van der Waals surface area contributed by atoms with Gasteiger partial charge in [0.25, 0.3) is 0 Å². The molecule has 5 aromatic rings. The lowest BCUT2D eigenvalue weighted by Gasteiger charge is -2.31. The maximum atomic E-state index is 13.9.